The van der Waals surface area contributed by atoms with E-state index >= 15 is 0 Å². The van der Waals surface area contributed by atoms with Gasteiger partial charge in [0.25, 0.3) is 0 Å². The van der Waals surface area contributed by atoms with Gasteiger partial charge in [0, 0.05) is 0 Å². The Morgan fingerprint density at radius 1 is 1.19 bits per heavy atom. The number of halogens is 6. The molecule has 0 fully saturated rings. The lowest BCUT2D eigenvalue weighted by Crippen LogP contribution is -2.64. The Labute approximate surface area is 85.7 Å². The number of aliphatic hydroxyl groups is 1. The largest absolute Gasteiger partial charge is 0.479 e. The number of alkyl halides is 6. The van der Waals surface area contributed by atoms with Gasteiger partial charge in [-0.1, -0.05) is 6.92 Å². The van der Waals surface area contributed by atoms with Crippen molar-refractivity contribution in [3.05, 3.63) is 0 Å². The molecule has 9 heteroatoms. The zero-order chi connectivity index (χ0) is 13.4. The van der Waals surface area contributed by atoms with Crippen molar-refractivity contribution in [3.63, 3.8) is 0 Å². The normalized spacial score (nSPS) is 19.0. The summed E-state index contributed by atoms with van der Waals surface area (Å²) in [6, 6.07) is 0. The molecule has 2 N–H and O–H groups in total. The quantitative estimate of drug-likeness (QED) is 0.751. The third-order valence-electron chi connectivity index (χ3n) is 1.97. The van der Waals surface area contributed by atoms with Gasteiger partial charge in [0.15, 0.2) is 0 Å². The minimum Gasteiger partial charge on any atom is -0.479 e. The fourth-order valence-corrected chi connectivity index (χ4v) is 0.974. The van der Waals surface area contributed by atoms with Gasteiger partial charge in [-0.05, 0) is 6.42 Å². The van der Waals surface area contributed by atoms with Crippen molar-refractivity contribution in [2.45, 2.75) is 37.2 Å². The van der Waals surface area contributed by atoms with E-state index in [4.69, 9.17) is 10.2 Å². The van der Waals surface area contributed by atoms with Crippen molar-refractivity contribution in [1.82, 2.24) is 0 Å². The number of rotatable bonds is 4. The third kappa shape index (κ3) is 1.95. The number of aliphatic carboxylic acids is 1. The van der Waals surface area contributed by atoms with Crippen molar-refractivity contribution in [1.29, 1.82) is 0 Å². The van der Waals surface area contributed by atoms with Crippen LogP contribution in [0.2, 0.25) is 0 Å². The van der Waals surface area contributed by atoms with Crippen molar-refractivity contribution in [2.24, 2.45) is 0 Å². The summed E-state index contributed by atoms with van der Waals surface area (Å²) >= 11 is 0. The predicted molar refractivity (Wildman–Crippen MR) is 38.8 cm³/mol. The molecule has 2 atom stereocenters. The van der Waals surface area contributed by atoms with Crippen LogP contribution in [-0.2, 0) is 4.79 Å². The third-order valence-corrected chi connectivity index (χ3v) is 1.97. The maximum atomic E-state index is 13.3. The highest BCUT2D eigenvalue weighted by molar-refractivity contribution is 5.80. The number of aliphatic hydroxyl groups excluding tert-OH is 1. The van der Waals surface area contributed by atoms with Crippen LogP contribution in [0.25, 0.3) is 0 Å². The van der Waals surface area contributed by atoms with Gasteiger partial charge < -0.3 is 10.2 Å². The molecule has 0 aliphatic carbocycles. The molecule has 96 valence electrons. The van der Waals surface area contributed by atoms with Crippen molar-refractivity contribution in [3.8, 4) is 0 Å². The molecule has 16 heavy (non-hydrogen) atoms. The minimum atomic E-state index is -6.41. The molecule has 0 amide bonds. The molecule has 3 nitrogen and oxygen atoms in total. The molecule has 0 aromatic carbocycles. The molecule has 0 aromatic rings. The number of carboxylic acids is 1. The Hall–Kier alpha value is -0.990. The SMILES string of the molecule is CCC(O)C(F)(C(=O)O)C(F)(F)C(F)(F)F. The van der Waals surface area contributed by atoms with Crippen LogP contribution in [0.5, 0.6) is 0 Å². The summed E-state index contributed by atoms with van der Waals surface area (Å²) < 4.78 is 74.0. The zero-order valence-electron chi connectivity index (χ0n) is 7.85. The molecule has 0 aliphatic rings. The number of carboxylic acid groups (broad SMARTS) is 1. The molecule has 0 saturated carbocycles. The molecule has 0 aromatic heterocycles. The van der Waals surface area contributed by atoms with Gasteiger partial charge in [-0.25, -0.2) is 9.18 Å². The summed E-state index contributed by atoms with van der Waals surface area (Å²) in [5.41, 5.74) is -5.10. The molecular formula is C7H8F6O3. The second-order valence-electron chi connectivity index (χ2n) is 3.01. The number of hydrogen-bond acceptors (Lipinski definition) is 2. The molecule has 0 rings (SSSR count). The fourth-order valence-electron chi connectivity index (χ4n) is 0.974. The maximum absolute atomic E-state index is 13.3. The van der Waals surface area contributed by atoms with Crippen molar-refractivity contribution >= 4 is 5.97 Å². The van der Waals surface area contributed by atoms with E-state index in [1.54, 1.807) is 0 Å². The van der Waals surface area contributed by atoms with Gasteiger partial charge in [-0.15, -0.1) is 0 Å². The highest BCUT2D eigenvalue weighted by Gasteiger charge is 2.77. The fraction of sp³-hybridized carbons (Fsp3) is 0.857. The van der Waals surface area contributed by atoms with Crippen LogP contribution in [0.3, 0.4) is 0 Å². The first-order valence-corrected chi connectivity index (χ1v) is 3.97. The second-order valence-corrected chi connectivity index (χ2v) is 3.01. The van der Waals surface area contributed by atoms with E-state index in [1.807, 2.05) is 0 Å². The average Bonchev–Trinajstić information content (AvgIpc) is 2.12. The lowest BCUT2D eigenvalue weighted by molar-refractivity contribution is -0.335. The van der Waals surface area contributed by atoms with Crippen molar-refractivity contribution in [2.75, 3.05) is 0 Å². The van der Waals surface area contributed by atoms with Gasteiger partial charge in [-0.2, -0.15) is 22.0 Å². The Morgan fingerprint density at radius 3 is 1.75 bits per heavy atom. The topological polar surface area (TPSA) is 57.5 Å². The molecule has 2 unspecified atom stereocenters. The van der Waals surface area contributed by atoms with Gasteiger partial charge in [0.05, 0.1) is 0 Å². The van der Waals surface area contributed by atoms with Gasteiger partial charge in [-0.3, -0.25) is 0 Å². The predicted octanol–water partition coefficient (Wildman–Crippen LogP) is 1.75. The van der Waals surface area contributed by atoms with Crippen LogP contribution < -0.4 is 0 Å². The molecule has 0 spiro atoms. The van der Waals surface area contributed by atoms with E-state index in [0.717, 1.165) is 6.92 Å². The molecular weight excluding hydrogens is 246 g/mol. The summed E-state index contributed by atoms with van der Waals surface area (Å²) in [6.45, 7) is 0.869. The first kappa shape index (κ1) is 15.0. The van der Waals surface area contributed by atoms with Crippen LogP contribution >= 0.6 is 0 Å². The van der Waals surface area contributed by atoms with E-state index in [0.29, 0.717) is 0 Å². The van der Waals surface area contributed by atoms with E-state index in [9.17, 15) is 31.1 Å². The van der Waals surface area contributed by atoms with Crippen LogP contribution in [-0.4, -0.2) is 40.1 Å². The van der Waals surface area contributed by atoms with Gasteiger partial charge in [0.2, 0.25) is 0 Å². The first-order valence-electron chi connectivity index (χ1n) is 3.97. The summed E-state index contributed by atoms with van der Waals surface area (Å²) in [5.74, 6) is -9.24. The van der Waals surface area contributed by atoms with Crippen LogP contribution in [0.1, 0.15) is 13.3 Å². The first-order chi connectivity index (χ1) is 6.92. The highest BCUT2D eigenvalue weighted by Crippen LogP contribution is 2.47. The maximum Gasteiger partial charge on any atom is 0.457 e. The highest BCUT2D eigenvalue weighted by atomic mass is 19.4. The van der Waals surface area contributed by atoms with E-state index in [2.05, 4.69) is 0 Å². The number of carbonyl (C=O) groups is 1. The summed E-state index contributed by atoms with van der Waals surface area (Å²) in [6.07, 6.45) is -10.3. The lowest BCUT2D eigenvalue weighted by atomic mass is 9.89. The van der Waals surface area contributed by atoms with Gasteiger partial charge in [0.1, 0.15) is 6.10 Å². The molecule has 0 aliphatic heterocycles. The lowest BCUT2D eigenvalue weighted by Gasteiger charge is -2.33. The minimum absolute atomic E-state index is 0.869. The summed E-state index contributed by atoms with van der Waals surface area (Å²) in [4.78, 5) is 10.2. The van der Waals surface area contributed by atoms with Crippen LogP contribution in [0, 0.1) is 0 Å². The summed E-state index contributed by atoms with van der Waals surface area (Å²) in [5, 5.41) is 16.8. The Balaban J connectivity index is 5.63. The van der Waals surface area contributed by atoms with Crippen molar-refractivity contribution < 1.29 is 41.4 Å². The smallest absolute Gasteiger partial charge is 0.457 e. The van der Waals surface area contributed by atoms with Crippen LogP contribution in [0.4, 0.5) is 26.3 Å². The summed E-state index contributed by atoms with van der Waals surface area (Å²) in [7, 11) is 0. The molecule has 0 bridgehead atoms. The molecule has 0 radical (unpaired) electrons. The zero-order valence-corrected chi connectivity index (χ0v) is 7.85. The standard InChI is InChI=1S/C7H8F6O3/c1-2-3(14)5(8,4(15)16)6(9,10)7(11,12)13/h3,14H,2H2,1H3,(H,15,16). The van der Waals surface area contributed by atoms with E-state index in [1.165, 1.54) is 0 Å². The monoisotopic (exact) mass is 254 g/mol. The van der Waals surface area contributed by atoms with Gasteiger partial charge >= 0.3 is 23.7 Å². The average molecular weight is 254 g/mol. The Morgan fingerprint density at radius 2 is 1.56 bits per heavy atom. The van der Waals surface area contributed by atoms with E-state index in [-0.39, 0.29) is 0 Å². The molecule has 0 saturated heterocycles. The number of hydrogen-bond donors (Lipinski definition) is 2. The van der Waals surface area contributed by atoms with Crippen LogP contribution in [0.15, 0.2) is 0 Å². The second kappa shape index (κ2) is 4.11. The Kier molecular flexibility index (Phi) is 3.86. The molecule has 0 heterocycles. The van der Waals surface area contributed by atoms with E-state index < -0.39 is 36.3 Å². The Bertz CT molecular complexity index is 276.